The normalized spacial score (nSPS) is 20.5. The van der Waals surface area contributed by atoms with Crippen molar-refractivity contribution in [3.05, 3.63) is 118 Å². The second-order valence-corrected chi connectivity index (χ2v) is 20.8. The van der Waals surface area contributed by atoms with Crippen molar-refractivity contribution in [3.63, 3.8) is 0 Å². The zero-order valence-corrected chi connectivity index (χ0v) is 36.2. The molecule has 1 unspecified atom stereocenters. The molecule has 4 aliphatic rings. The molecule has 1 N–H and O–H groups in total. The van der Waals surface area contributed by atoms with E-state index in [1.807, 2.05) is 30.3 Å². The maximum atomic E-state index is 13.3. The van der Waals surface area contributed by atoms with E-state index < -0.39 is 19.1 Å². The predicted octanol–water partition coefficient (Wildman–Crippen LogP) is 8.29. The number of amides is 2. The van der Waals surface area contributed by atoms with E-state index in [-0.39, 0.29) is 44.6 Å². The molecular formula is C41H39Cl3N6O6S3. The van der Waals surface area contributed by atoms with Gasteiger partial charge in [0.15, 0.2) is 0 Å². The molecule has 308 valence electrons. The highest BCUT2D eigenvalue weighted by Crippen LogP contribution is 2.43. The summed E-state index contributed by atoms with van der Waals surface area (Å²) in [6.07, 6.45) is 7.78. The van der Waals surface area contributed by atoms with Crippen LogP contribution in [0.3, 0.4) is 0 Å². The van der Waals surface area contributed by atoms with Crippen molar-refractivity contribution in [1.29, 1.82) is 0 Å². The number of halogens is 3. The standard InChI is InChI=1S/C22H21ClN4O3S2.C19H18Cl2N2O3S/c23-15-4-9-18-14(12-15)2-1-3-19(18)20-10-11-27(21(20)28)16-5-7-17(8-6-16)32(29,30)26-22-24-13-25-31-22;20-14-3-8-17-13(12-14)2-1-10-23(17)18-9-11-22(19(18)24)15-4-6-16(7-5-15)27(21,25)26/h4-9,12-13,19-20H,1-3,10-11H2,(H,24,25,26);3-8,12,18H,1-2,9-11H2/t19?,20-;18-/m10/s1. The maximum absolute atomic E-state index is 13.3. The first-order valence-corrected chi connectivity index (χ1v) is 24.5. The number of anilines is 4. The molecule has 18 heteroatoms. The van der Waals surface area contributed by atoms with Gasteiger partial charge in [-0.15, -0.1) is 0 Å². The Hall–Kier alpha value is -4.25. The highest BCUT2D eigenvalue weighted by molar-refractivity contribution is 8.13. The number of hydrogen-bond acceptors (Lipinski definition) is 10. The lowest BCUT2D eigenvalue weighted by Crippen LogP contribution is -2.44. The summed E-state index contributed by atoms with van der Waals surface area (Å²) in [5.74, 6) is 0.252. The summed E-state index contributed by atoms with van der Waals surface area (Å²) >= 11 is 13.3. The van der Waals surface area contributed by atoms with Crippen molar-refractivity contribution in [2.24, 2.45) is 5.92 Å². The van der Waals surface area contributed by atoms with Crippen molar-refractivity contribution in [2.45, 2.75) is 66.7 Å². The van der Waals surface area contributed by atoms with Crippen LogP contribution in [0.4, 0.5) is 22.2 Å². The van der Waals surface area contributed by atoms with Gasteiger partial charge in [-0.3, -0.25) is 14.3 Å². The van der Waals surface area contributed by atoms with Crippen LogP contribution in [0.5, 0.6) is 0 Å². The summed E-state index contributed by atoms with van der Waals surface area (Å²) in [5, 5.41) is 1.66. The minimum atomic E-state index is -3.77. The van der Waals surface area contributed by atoms with Gasteiger partial charge in [0, 0.05) is 74.9 Å². The fourth-order valence-corrected chi connectivity index (χ4v) is 11.5. The van der Waals surface area contributed by atoms with E-state index in [1.165, 1.54) is 47.3 Å². The molecule has 4 aromatic carbocycles. The zero-order chi connectivity index (χ0) is 41.5. The van der Waals surface area contributed by atoms with Crippen molar-refractivity contribution in [2.75, 3.05) is 39.1 Å². The molecule has 12 nitrogen and oxygen atoms in total. The fourth-order valence-electron chi connectivity index (χ4n) is 8.68. The molecule has 59 heavy (non-hydrogen) atoms. The smallest absolute Gasteiger partial charge is 0.263 e. The number of aromatic nitrogens is 2. The van der Waals surface area contributed by atoms with Crippen LogP contribution >= 0.6 is 45.4 Å². The maximum Gasteiger partial charge on any atom is 0.263 e. The Balaban J connectivity index is 0.000000167. The van der Waals surface area contributed by atoms with E-state index >= 15 is 0 Å². The van der Waals surface area contributed by atoms with E-state index in [2.05, 4.69) is 25.0 Å². The van der Waals surface area contributed by atoms with Gasteiger partial charge in [-0.25, -0.2) is 21.8 Å². The van der Waals surface area contributed by atoms with Crippen LogP contribution in [-0.4, -0.2) is 63.7 Å². The van der Waals surface area contributed by atoms with E-state index in [0.717, 1.165) is 73.7 Å². The highest BCUT2D eigenvalue weighted by Gasteiger charge is 2.41. The van der Waals surface area contributed by atoms with Gasteiger partial charge in [0.05, 0.1) is 9.79 Å². The molecule has 9 rings (SSSR count). The van der Waals surface area contributed by atoms with Crippen molar-refractivity contribution >= 4 is 98.5 Å². The number of carbonyl (C=O) groups is 2. The van der Waals surface area contributed by atoms with E-state index in [0.29, 0.717) is 29.5 Å². The zero-order valence-electron chi connectivity index (χ0n) is 31.5. The second kappa shape index (κ2) is 17.0. The Morgan fingerprint density at radius 3 is 1.98 bits per heavy atom. The predicted molar refractivity (Wildman–Crippen MR) is 232 cm³/mol. The van der Waals surface area contributed by atoms with Gasteiger partial charge in [0.25, 0.3) is 19.1 Å². The third-order valence-corrected chi connectivity index (χ3v) is 15.3. The van der Waals surface area contributed by atoms with E-state index in [9.17, 15) is 26.4 Å². The third kappa shape index (κ3) is 8.82. The molecule has 0 bridgehead atoms. The molecule has 0 saturated carbocycles. The summed E-state index contributed by atoms with van der Waals surface area (Å²) in [7, 11) is -2.17. The molecule has 2 amide bonds. The van der Waals surface area contributed by atoms with Crippen LogP contribution in [0.15, 0.2) is 101 Å². The van der Waals surface area contributed by atoms with Gasteiger partial charge >= 0.3 is 0 Å². The average molecular weight is 914 g/mol. The molecule has 3 aliphatic heterocycles. The van der Waals surface area contributed by atoms with Crippen molar-refractivity contribution in [1.82, 2.24) is 9.36 Å². The summed E-state index contributed by atoms with van der Waals surface area (Å²) < 4.78 is 54.1. The van der Waals surface area contributed by atoms with Crippen molar-refractivity contribution < 1.29 is 26.4 Å². The average Bonchev–Trinajstić information content (AvgIpc) is 3.97. The van der Waals surface area contributed by atoms with Crippen LogP contribution in [0.2, 0.25) is 10.0 Å². The fraction of sp³-hybridized carbons (Fsp3) is 0.317. The first kappa shape index (κ1) is 41.5. The molecule has 2 fully saturated rings. The monoisotopic (exact) mass is 912 g/mol. The Bertz CT molecular complexity index is 2600. The molecule has 2 saturated heterocycles. The van der Waals surface area contributed by atoms with Gasteiger partial charge in [0.2, 0.25) is 16.9 Å². The van der Waals surface area contributed by atoms with Crippen LogP contribution < -0.4 is 19.4 Å². The number of nitrogens with one attached hydrogen (secondary N) is 1. The summed E-state index contributed by atoms with van der Waals surface area (Å²) in [6, 6.07) is 24.1. The molecule has 0 spiro atoms. The number of aryl methyl sites for hydroxylation is 2. The van der Waals surface area contributed by atoms with E-state index in [4.69, 9.17) is 33.9 Å². The molecule has 1 aromatic heterocycles. The van der Waals surface area contributed by atoms with Gasteiger partial charge in [-0.2, -0.15) is 4.37 Å². The SMILES string of the molecule is O=C1[C@@H](C2CCCc3cc(Cl)ccc32)CCN1c1ccc(S(=O)(=O)Nc2ncns2)cc1.O=C1[C@@H](N2CCCc3cc(Cl)ccc32)CCN1c1ccc(S(=O)(=O)Cl)cc1. The number of hydrogen-bond donors (Lipinski definition) is 1. The molecule has 5 aromatic rings. The lowest BCUT2D eigenvalue weighted by molar-refractivity contribution is -0.121. The number of nitrogens with zero attached hydrogens (tertiary/aromatic N) is 5. The summed E-state index contributed by atoms with van der Waals surface area (Å²) in [5.41, 5.74) is 6.13. The number of benzene rings is 4. The quantitative estimate of drug-likeness (QED) is 0.152. The minimum absolute atomic E-state index is 0.0259. The Morgan fingerprint density at radius 2 is 1.31 bits per heavy atom. The van der Waals surface area contributed by atoms with Gasteiger partial charge in [-0.05, 0) is 146 Å². The lowest BCUT2D eigenvalue weighted by atomic mass is 9.75. The molecular weight excluding hydrogens is 875 g/mol. The van der Waals surface area contributed by atoms with Crippen LogP contribution in [0, 0.1) is 5.92 Å². The Labute approximate surface area is 361 Å². The van der Waals surface area contributed by atoms with Gasteiger partial charge < -0.3 is 14.7 Å². The minimum Gasteiger partial charge on any atom is -0.359 e. The number of fused-ring (bicyclic) bond motifs is 2. The number of rotatable bonds is 8. The summed E-state index contributed by atoms with van der Waals surface area (Å²) in [4.78, 5) is 36.0. The first-order chi connectivity index (χ1) is 28.3. The Kier molecular flexibility index (Phi) is 12.0. The van der Waals surface area contributed by atoms with Gasteiger partial charge in [-0.1, -0.05) is 29.3 Å². The summed E-state index contributed by atoms with van der Waals surface area (Å²) in [6.45, 7) is 2.05. The van der Waals surface area contributed by atoms with Crippen molar-refractivity contribution in [3.8, 4) is 0 Å². The number of carbonyl (C=O) groups excluding carboxylic acids is 2. The lowest BCUT2D eigenvalue weighted by Gasteiger charge is -2.35. The van der Waals surface area contributed by atoms with Crippen LogP contribution in [-0.2, 0) is 41.5 Å². The highest BCUT2D eigenvalue weighted by atomic mass is 35.7. The molecule has 4 heterocycles. The van der Waals surface area contributed by atoms with Crippen LogP contribution in [0.1, 0.15) is 54.7 Å². The first-order valence-electron chi connectivity index (χ1n) is 19.2. The topological polar surface area (TPSA) is 150 Å². The molecule has 1 aliphatic carbocycles. The third-order valence-electron chi connectivity index (χ3n) is 11.4. The van der Waals surface area contributed by atoms with E-state index in [1.54, 1.807) is 34.1 Å². The molecule has 0 radical (unpaired) electrons. The number of sulfonamides is 1. The molecule has 3 atom stereocenters. The van der Waals surface area contributed by atoms with Gasteiger partial charge in [0.1, 0.15) is 12.4 Å². The Morgan fingerprint density at radius 1 is 0.678 bits per heavy atom. The largest absolute Gasteiger partial charge is 0.359 e. The second-order valence-electron chi connectivity index (χ2n) is 14.9. The van der Waals surface area contributed by atoms with Crippen LogP contribution in [0.25, 0.3) is 0 Å².